The van der Waals surface area contributed by atoms with Gasteiger partial charge in [0.1, 0.15) is 11.5 Å². The average molecular weight is 366 g/mol. The Balaban J connectivity index is 1.89. The van der Waals surface area contributed by atoms with E-state index in [-0.39, 0.29) is 29.2 Å². The third-order valence-electron chi connectivity index (χ3n) is 4.42. The number of benzene rings is 1. The van der Waals surface area contributed by atoms with Crippen LogP contribution in [-0.2, 0) is 0 Å². The first kappa shape index (κ1) is 18.6. The highest BCUT2D eigenvalue weighted by atomic mass is 16.4. The van der Waals surface area contributed by atoms with E-state index in [0.717, 1.165) is 16.9 Å². The number of nitrogens with one attached hydrogen (secondary N) is 1. The summed E-state index contributed by atoms with van der Waals surface area (Å²) in [5.41, 5.74) is 2.46. The molecule has 3 rings (SSSR count). The van der Waals surface area contributed by atoms with Crippen molar-refractivity contribution < 1.29 is 14.7 Å². The van der Waals surface area contributed by atoms with Gasteiger partial charge in [-0.05, 0) is 52.0 Å². The van der Waals surface area contributed by atoms with Crippen LogP contribution in [-0.4, -0.2) is 31.5 Å². The number of aromatic nitrogens is 3. The van der Waals surface area contributed by atoms with Crippen molar-refractivity contribution in [1.29, 1.82) is 0 Å². The molecule has 7 nitrogen and oxygen atoms in total. The highest BCUT2D eigenvalue weighted by Crippen LogP contribution is 2.25. The first-order chi connectivity index (χ1) is 12.8. The molecule has 0 bridgehead atoms. The van der Waals surface area contributed by atoms with E-state index in [4.69, 9.17) is 5.11 Å². The topological polar surface area (TPSA) is 97.1 Å². The van der Waals surface area contributed by atoms with Crippen molar-refractivity contribution in [3.8, 4) is 0 Å². The van der Waals surface area contributed by atoms with E-state index in [1.165, 1.54) is 12.1 Å². The van der Waals surface area contributed by atoms with Crippen LogP contribution in [0.4, 0.5) is 0 Å². The zero-order valence-corrected chi connectivity index (χ0v) is 15.7. The quantitative estimate of drug-likeness (QED) is 0.720. The Kier molecular flexibility index (Phi) is 4.94. The lowest BCUT2D eigenvalue weighted by Gasteiger charge is -2.18. The van der Waals surface area contributed by atoms with Gasteiger partial charge in [-0.1, -0.05) is 12.1 Å². The highest BCUT2D eigenvalue weighted by Gasteiger charge is 2.21. The molecule has 1 atom stereocenters. The zero-order chi connectivity index (χ0) is 19.7. The van der Waals surface area contributed by atoms with Gasteiger partial charge in [-0.25, -0.2) is 14.8 Å². The molecule has 0 aliphatic rings. The fourth-order valence-corrected chi connectivity index (χ4v) is 3.16. The molecule has 0 saturated heterocycles. The number of carbonyl (C=O) groups excluding carboxylic acids is 1. The number of carboxylic acids is 1. The number of rotatable bonds is 5. The van der Waals surface area contributed by atoms with Crippen LogP contribution in [0.3, 0.4) is 0 Å². The van der Waals surface area contributed by atoms with E-state index in [0.29, 0.717) is 5.69 Å². The number of fused-ring (bicyclic) bond motifs is 1. The summed E-state index contributed by atoms with van der Waals surface area (Å²) in [5, 5.41) is 12.0. The second-order valence-electron chi connectivity index (χ2n) is 6.75. The van der Waals surface area contributed by atoms with Gasteiger partial charge in [0, 0.05) is 6.04 Å². The molecule has 2 N–H and O–H groups in total. The monoisotopic (exact) mass is 366 g/mol. The molecule has 0 aliphatic heterocycles. The molecule has 1 amide bonds. The minimum absolute atomic E-state index is 0.0844. The fourth-order valence-electron chi connectivity index (χ4n) is 3.16. The third-order valence-corrected chi connectivity index (χ3v) is 4.42. The van der Waals surface area contributed by atoms with Gasteiger partial charge in [0.05, 0.1) is 28.3 Å². The van der Waals surface area contributed by atoms with Crippen LogP contribution in [0.25, 0.3) is 11.0 Å². The molecule has 0 saturated carbocycles. The number of aryl methyl sites for hydroxylation is 1. The van der Waals surface area contributed by atoms with E-state index in [1.807, 2.05) is 31.2 Å². The van der Waals surface area contributed by atoms with Crippen molar-refractivity contribution in [1.82, 2.24) is 19.9 Å². The van der Waals surface area contributed by atoms with Gasteiger partial charge in [-0.3, -0.25) is 4.79 Å². The van der Waals surface area contributed by atoms with Crippen molar-refractivity contribution in [3.63, 3.8) is 0 Å². The SMILES string of the molecule is Cc1nc(C(=O)NC(C)c2nc3ccccc3n2C(C)C)ccc1C(=O)O. The summed E-state index contributed by atoms with van der Waals surface area (Å²) in [6.45, 7) is 7.59. The summed E-state index contributed by atoms with van der Waals surface area (Å²) in [6, 6.07) is 10.5. The Morgan fingerprint density at radius 1 is 1.07 bits per heavy atom. The molecule has 0 fully saturated rings. The molecule has 1 aromatic carbocycles. The molecule has 27 heavy (non-hydrogen) atoms. The number of nitrogens with zero attached hydrogens (tertiary/aromatic N) is 3. The second-order valence-corrected chi connectivity index (χ2v) is 6.75. The lowest BCUT2D eigenvalue weighted by atomic mass is 10.2. The first-order valence-electron chi connectivity index (χ1n) is 8.78. The molecule has 0 aliphatic carbocycles. The number of carboxylic acid groups (broad SMARTS) is 1. The van der Waals surface area contributed by atoms with Crippen LogP contribution in [0.2, 0.25) is 0 Å². The van der Waals surface area contributed by atoms with Crippen LogP contribution in [0.1, 0.15) is 65.2 Å². The van der Waals surface area contributed by atoms with Gasteiger partial charge < -0.3 is 15.0 Å². The van der Waals surface area contributed by atoms with E-state index in [1.54, 1.807) is 6.92 Å². The van der Waals surface area contributed by atoms with Gasteiger partial charge in [0.25, 0.3) is 5.91 Å². The molecule has 0 spiro atoms. The van der Waals surface area contributed by atoms with Crippen molar-refractivity contribution in [2.45, 2.75) is 39.8 Å². The standard InChI is InChI=1S/C20H22N4O3/c1-11(2)24-17-8-6-5-7-15(17)23-18(24)13(4)22-19(25)16-10-9-14(20(26)27)12(3)21-16/h5-11,13H,1-4H3,(H,22,25)(H,26,27). The molecular weight excluding hydrogens is 344 g/mol. The Morgan fingerprint density at radius 3 is 2.41 bits per heavy atom. The molecule has 7 heteroatoms. The molecule has 140 valence electrons. The Morgan fingerprint density at radius 2 is 1.78 bits per heavy atom. The minimum Gasteiger partial charge on any atom is -0.478 e. The molecule has 0 radical (unpaired) electrons. The predicted molar refractivity (Wildman–Crippen MR) is 102 cm³/mol. The second kappa shape index (κ2) is 7.19. The van der Waals surface area contributed by atoms with E-state index in [9.17, 15) is 9.59 Å². The normalized spacial score (nSPS) is 12.3. The van der Waals surface area contributed by atoms with Crippen LogP contribution < -0.4 is 5.32 Å². The summed E-state index contributed by atoms with van der Waals surface area (Å²) >= 11 is 0. The number of imidazole rings is 1. The number of carbonyl (C=O) groups is 2. The van der Waals surface area contributed by atoms with Gasteiger partial charge in [-0.2, -0.15) is 0 Å². The van der Waals surface area contributed by atoms with Gasteiger partial charge in [0.15, 0.2) is 0 Å². The van der Waals surface area contributed by atoms with E-state index >= 15 is 0 Å². The Bertz CT molecular complexity index is 1020. The minimum atomic E-state index is -1.06. The number of pyridine rings is 1. The number of amides is 1. The number of hydrogen-bond acceptors (Lipinski definition) is 4. The largest absolute Gasteiger partial charge is 0.478 e. The highest BCUT2D eigenvalue weighted by molar-refractivity contribution is 5.94. The maximum atomic E-state index is 12.6. The van der Waals surface area contributed by atoms with Gasteiger partial charge in [-0.15, -0.1) is 0 Å². The fraction of sp³-hybridized carbons (Fsp3) is 0.300. The van der Waals surface area contributed by atoms with Crippen LogP contribution in [0.15, 0.2) is 36.4 Å². The molecular formula is C20H22N4O3. The summed E-state index contributed by atoms with van der Waals surface area (Å²) in [4.78, 5) is 32.5. The van der Waals surface area contributed by atoms with Crippen LogP contribution in [0, 0.1) is 6.92 Å². The number of aromatic carboxylic acids is 1. The molecule has 2 heterocycles. The van der Waals surface area contributed by atoms with Crippen molar-refractivity contribution in [3.05, 3.63) is 59.2 Å². The van der Waals surface area contributed by atoms with Gasteiger partial charge in [0.2, 0.25) is 0 Å². The average Bonchev–Trinajstić information content (AvgIpc) is 3.01. The third kappa shape index (κ3) is 3.53. The maximum Gasteiger partial charge on any atom is 0.337 e. The van der Waals surface area contributed by atoms with Crippen LogP contribution in [0.5, 0.6) is 0 Å². The first-order valence-corrected chi connectivity index (χ1v) is 8.78. The van der Waals surface area contributed by atoms with Crippen molar-refractivity contribution >= 4 is 22.9 Å². The van der Waals surface area contributed by atoms with Crippen molar-refractivity contribution in [2.75, 3.05) is 0 Å². The lowest BCUT2D eigenvalue weighted by molar-refractivity contribution is 0.0694. The van der Waals surface area contributed by atoms with Gasteiger partial charge >= 0.3 is 5.97 Å². The van der Waals surface area contributed by atoms with E-state index < -0.39 is 5.97 Å². The molecule has 2 aromatic heterocycles. The molecule has 3 aromatic rings. The summed E-state index contributed by atoms with van der Waals surface area (Å²) in [6.07, 6.45) is 0. The summed E-state index contributed by atoms with van der Waals surface area (Å²) in [5.74, 6) is -0.672. The Hall–Kier alpha value is -3.22. The smallest absolute Gasteiger partial charge is 0.337 e. The number of para-hydroxylation sites is 2. The maximum absolute atomic E-state index is 12.6. The van der Waals surface area contributed by atoms with Crippen LogP contribution >= 0.6 is 0 Å². The zero-order valence-electron chi connectivity index (χ0n) is 15.7. The summed E-state index contributed by atoms with van der Waals surface area (Å²) in [7, 11) is 0. The summed E-state index contributed by atoms with van der Waals surface area (Å²) < 4.78 is 2.10. The van der Waals surface area contributed by atoms with Crippen molar-refractivity contribution in [2.24, 2.45) is 0 Å². The predicted octanol–water partition coefficient (Wildman–Crippen LogP) is 3.51. The lowest BCUT2D eigenvalue weighted by Crippen LogP contribution is -2.30. The number of hydrogen-bond donors (Lipinski definition) is 2. The van der Waals surface area contributed by atoms with E-state index in [2.05, 4.69) is 33.7 Å². The molecule has 1 unspecified atom stereocenters. The Labute approximate surface area is 157 Å².